The predicted molar refractivity (Wildman–Crippen MR) is 81.9 cm³/mol. The van der Waals surface area contributed by atoms with Crippen LogP contribution in [0.25, 0.3) is 0 Å². The van der Waals surface area contributed by atoms with Gasteiger partial charge in [0, 0.05) is 31.6 Å². The summed E-state index contributed by atoms with van der Waals surface area (Å²) in [4.78, 5) is 14.7. The average Bonchev–Trinajstić information content (AvgIpc) is 2.93. The molecule has 2 aliphatic rings. The van der Waals surface area contributed by atoms with Gasteiger partial charge in [0.2, 0.25) is 11.8 Å². The fourth-order valence-electron chi connectivity index (χ4n) is 3.23. The molecule has 2 aromatic heterocycles. The molecule has 2 aromatic rings. The van der Waals surface area contributed by atoms with Crippen LogP contribution in [-0.2, 0) is 13.6 Å². The lowest BCUT2D eigenvalue weighted by Crippen LogP contribution is -2.31. The Morgan fingerprint density at radius 1 is 1.35 bits per heavy atom. The number of Topliss-reactive ketones (excluding diaryl/α,β-unsaturated/α-hetero) is 1. The van der Waals surface area contributed by atoms with Gasteiger partial charge in [-0.2, -0.15) is 5.10 Å². The molecule has 122 valence electrons. The first kappa shape index (κ1) is 14.6. The van der Waals surface area contributed by atoms with Gasteiger partial charge in [0.15, 0.2) is 5.78 Å². The van der Waals surface area contributed by atoms with Crippen LogP contribution < -0.4 is 0 Å². The Morgan fingerprint density at radius 2 is 2.22 bits per heavy atom. The summed E-state index contributed by atoms with van der Waals surface area (Å²) in [7, 11) is 1.83. The first-order valence-electron chi connectivity index (χ1n) is 8.27. The molecule has 0 N–H and O–H groups in total. The van der Waals surface area contributed by atoms with Crippen molar-refractivity contribution >= 4 is 5.78 Å². The molecule has 7 heteroatoms. The van der Waals surface area contributed by atoms with Crippen LogP contribution in [0, 0.1) is 0 Å². The second kappa shape index (κ2) is 5.88. The Bertz CT molecular complexity index is 703. The zero-order valence-corrected chi connectivity index (χ0v) is 13.3. The molecule has 1 atom stereocenters. The standard InChI is InChI=1S/C16H21N5O2/c1-20-9-12(8-17-20)14(22)7-13-3-2-6-21(13)10-15-18-19-16(23-15)11-4-5-11/h8-9,11,13H,2-7,10H2,1H3/t13-/m1/s1. The van der Waals surface area contributed by atoms with E-state index in [2.05, 4.69) is 20.2 Å². The molecule has 7 nitrogen and oxygen atoms in total. The molecule has 3 heterocycles. The number of ketones is 1. The van der Waals surface area contributed by atoms with Gasteiger partial charge in [-0.25, -0.2) is 0 Å². The Hall–Kier alpha value is -2.02. The number of rotatable bonds is 6. The third kappa shape index (κ3) is 3.19. The third-order valence-electron chi connectivity index (χ3n) is 4.69. The Labute approximate surface area is 134 Å². The number of nitrogens with zero attached hydrogens (tertiary/aromatic N) is 5. The lowest BCUT2D eigenvalue weighted by Gasteiger charge is -2.21. The molecule has 0 bridgehead atoms. The van der Waals surface area contributed by atoms with Gasteiger partial charge in [-0.1, -0.05) is 0 Å². The largest absolute Gasteiger partial charge is 0.424 e. The van der Waals surface area contributed by atoms with Crippen molar-refractivity contribution in [1.82, 2.24) is 24.9 Å². The van der Waals surface area contributed by atoms with Gasteiger partial charge in [-0.3, -0.25) is 14.4 Å². The van der Waals surface area contributed by atoms with Crippen LogP contribution in [0.3, 0.4) is 0 Å². The smallest absolute Gasteiger partial charge is 0.230 e. The van der Waals surface area contributed by atoms with Crippen molar-refractivity contribution < 1.29 is 9.21 Å². The lowest BCUT2D eigenvalue weighted by atomic mass is 10.0. The van der Waals surface area contributed by atoms with Crippen LogP contribution in [-0.4, -0.2) is 43.2 Å². The summed E-state index contributed by atoms with van der Waals surface area (Å²) in [6.45, 7) is 1.62. The van der Waals surface area contributed by atoms with Crippen LogP contribution in [0.5, 0.6) is 0 Å². The van der Waals surface area contributed by atoms with Crippen molar-refractivity contribution in [2.24, 2.45) is 7.05 Å². The number of hydrogen-bond donors (Lipinski definition) is 0. The van der Waals surface area contributed by atoms with E-state index in [0.29, 0.717) is 30.3 Å². The molecule has 1 saturated carbocycles. The molecule has 0 radical (unpaired) electrons. The Kier molecular flexibility index (Phi) is 3.72. The summed E-state index contributed by atoms with van der Waals surface area (Å²) in [6.07, 6.45) is 8.41. The van der Waals surface area contributed by atoms with E-state index < -0.39 is 0 Å². The Balaban J connectivity index is 1.38. The zero-order valence-electron chi connectivity index (χ0n) is 13.3. The van der Waals surface area contributed by atoms with Gasteiger partial charge < -0.3 is 4.42 Å². The maximum atomic E-state index is 12.4. The van der Waals surface area contributed by atoms with Crippen LogP contribution >= 0.6 is 0 Å². The molecule has 0 spiro atoms. The average molecular weight is 315 g/mol. The summed E-state index contributed by atoms with van der Waals surface area (Å²) in [5, 5.41) is 12.4. The predicted octanol–water partition coefficient (Wildman–Crippen LogP) is 1.92. The van der Waals surface area contributed by atoms with E-state index in [0.717, 1.165) is 38.1 Å². The lowest BCUT2D eigenvalue weighted by molar-refractivity contribution is 0.0933. The van der Waals surface area contributed by atoms with Crippen LogP contribution in [0.1, 0.15) is 60.2 Å². The molecule has 0 unspecified atom stereocenters. The normalized spacial score (nSPS) is 21.9. The van der Waals surface area contributed by atoms with Crippen LogP contribution in [0.4, 0.5) is 0 Å². The van der Waals surface area contributed by atoms with Crippen molar-refractivity contribution in [1.29, 1.82) is 0 Å². The van der Waals surface area contributed by atoms with Gasteiger partial charge in [-0.15, -0.1) is 10.2 Å². The SMILES string of the molecule is Cn1cc(C(=O)C[C@H]2CCCN2Cc2nnc(C3CC3)o2)cn1. The molecule has 2 fully saturated rings. The highest BCUT2D eigenvalue weighted by molar-refractivity contribution is 5.96. The number of hydrogen-bond acceptors (Lipinski definition) is 6. The highest BCUT2D eigenvalue weighted by Gasteiger charge is 2.31. The second-order valence-corrected chi connectivity index (χ2v) is 6.60. The minimum Gasteiger partial charge on any atom is -0.424 e. The van der Waals surface area contributed by atoms with Gasteiger partial charge in [0.1, 0.15) is 0 Å². The monoisotopic (exact) mass is 315 g/mol. The number of carbonyl (C=O) groups excluding carboxylic acids is 1. The van der Waals surface area contributed by atoms with Crippen molar-refractivity contribution in [3.8, 4) is 0 Å². The zero-order chi connectivity index (χ0) is 15.8. The van der Waals surface area contributed by atoms with E-state index in [-0.39, 0.29) is 11.8 Å². The molecule has 4 rings (SSSR count). The molecular weight excluding hydrogens is 294 g/mol. The summed E-state index contributed by atoms with van der Waals surface area (Å²) >= 11 is 0. The van der Waals surface area contributed by atoms with E-state index >= 15 is 0 Å². The molecule has 1 saturated heterocycles. The van der Waals surface area contributed by atoms with Crippen LogP contribution in [0.15, 0.2) is 16.8 Å². The van der Waals surface area contributed by atoms with Gasteiger partial charge in [0.05, 0.1) is 18.3 Å². The van der Waals surface area contributed by atoms with E-state index in [1.165, 1.54) is 0 Å². The van der Waals surface area contributed by atoms with E-state index in [4.69, 9.17) is 4.42 Å². The molecular formula is C16H21N5O2. The molecule has 0 amide bonds. The fourth-order valence-corrected chi connectivity index (χ4v) is 3.23. The summed E-state index contributed by atoms with van der Waals surface area (Å²) < 4.78 is 7.41. The first-order chi connectivity index (χ1) is 11.2. The van der Waals surface area contributed by atoms with Crippen molar-refractivity contribution in [2.45, 2.75) is 50.6 Å². The molecule has 0 aromatic carbocycles. The molecule has 1 aliphatic carbocycles. The minimum atomic E-state index is 0.152. The number of carbonyl (C=O) groups is 1. The van der Waals surface area contributed by atoms with Gasteiger partial charge in [-0.05, 0) is 32.2 Å². The highest BCUT2D eigenvalue weighted by atomic mass is 16.4. The number of aryl methyl sites for hydroxylation is 1. The number of likely N-dealkylation sites (tertiary alicyclic amines) is 1. The quantitative estimate of drug-likeness (QED) is 0.758. The van der Waals surface area contributed by atoms with Gasteiger partial charge in [0.25, 0.3) is 0 Å². The summed E-state index contributed by atoms with van der Waals surface area (Å²) in [6, 6.07) is 0.249. The first-order valence-corrected chi connectivity index (χ1v) is 8.27. The summed E-state index contributed by atoms with van der Waals surface area (Å²) in [5.41, 5.74) is 0.688. The Morgan fingerprint density at radius 3 is 2.96 bits per heavy atom. The van der Waals surface area contributed by atoms with Crippen molar-refractivity contribution in [3.05, 3.63) is 29.7 Å². The summed E-state index contributed by atoms with van der Waals surface area (Å²) in [5.74, 6) is 2.09. The fraction of sp³-hybridized carbons (Fsp3) is 0.625. The van der Waals surface area contributed by atoms with Crippen molar-refractivity contribution in [3.63, 3.8) is 0 Å². The maximum Gasteiger partial charge on any atom is 0.230 e. The minimum absolute atomic E-state index is 0.152. The topological polar surface area (TPSA) is 77.0 Å². The van der Waals surface area contributed by atoms with E-state index in [1.54, 1.807) is 17.1 Å². The number of aromatic nitrogens is 4. The van der Waals surface area contributed by atoms with Crippen LogP contribution in [0.2, 0.25) is 0 Å². The van der Waals surface area contributed by atoms with Gasteiger partial charge >= 0.3 is 0 Å². The van der Waals surface area contributed by atoms with E-state index in [9.17, 15) is 4.79 Å². The third-order valence-corrected chi connectivity index (χ3v) is 4.69. The maximum absolute atomic E-state index is 12.4. The molecule has 1 aliphatic heterocycles. The van der Waals surface area contributed by atoms with E-state index in [1.807, 2.05) is 7.05 Å². The van der Waals surface area contributed by atoms with Crippen molar-refractivity contribution in [2.75, 3.05) is 6.54 Å². The highest BCUT2D eigenvalue weighted by Crippen LogP contribution is 2.39. The second-order valence-electron chi connectivity index (χ2n) is 6.60. The molecule has 23 heavy (non-hydrogen) atoms.